The van der Waals surface area contributed by atoms with E-state index in [0.717, 1.165) is 18.7 Å². The van der Waals surface area contributed by atoms with Crippen LogP contribution in [0.2, 0.25) is 0 Å². The molecule has 1 aromatic rings. The fraction of sp³-hybridized carbons (Fsp3) is 0.667. The zero-order valence-corrected chi connectivity index (χ0v) is 13.2. The van der Waals surface area contributed by atoms with Gasteiger partial charge in [-0.2, -0.15) is 0 Å². The first kappa shape index (κ1) is 14.9. The van der Waals surface area contributed by atoms with Crippen LogP contribution in [0.3, 0.4) is 0 Å². The van der Waals surface area contributed by atoms with Crippen molar-refractivity contribution in [2.75, 3.05) is 13.7 Å². The van der Waals surface area contributed by atoms with Gasteiger partial charge in [0.1, 0.15) is 5.75 Å². The molecule has 1 unspecified atom stereocenters. The molecule has 3 nitrogen and oxygen atoms in total. The zero-order valence-electron chi connectivity index (χ0n) is 13.2. The lowest BCUT2D eigenvalue weighted by atomic mass is 9.74. The van der Waals surface area contributed by atoms with Crippen molar-refractivity contribution < 1.29 is 9.47 Å². The van der Waals surface area contributed by atoms with E-state index in [1.807, 2.05) is 7.11 Å². The lowest BCUT2D eigenvalue weighted by molar-refractivity contribution is -0.0837. The molecule has 0 aromatic heterocycles. The smallest absolute Gasteiger partial charge is 0.120 e. The number of hydrogen-bond acceptors (Lipinski definition) is 3. The molecule has 2 saturated carbocycles. The van der Waals surface area contributed by atoms with Crippen LogP contribution < -0.4 is 10.1 Å². The van der Waals surface area contributed by atoms with Gasteiger partial charge in [-0.1, -0.05) is 19.1 Å². The molecule has 3 rings (SSSR count). The number of methoxy groups -OCH3 is 1. The summed E-state index contributed by atoms with van der Waals surface area (Å²) in [6.45, 7) is 3.13. The molecule has 0 saturated heterocycles. The quantitative estimate of drug-likeness (QED) is 0.789. The average Bonchev–Trinajstić information content (AvgIpc) is 3.26. The van der Waals surface area contributed by atoms with Crippen LogP contribution in [0.1, 0.15) is 57.1 Å². The maximum Gasteiger partial charge on any atom is 0.120 e. The standard InChI is InChI=1S/C18H27NO2/c1-3-19-17(13-18(20-2)10-5-11-18)14-6-4-7-16(12-14)21-15-8-9-15/h4,6-7,12,15,17,19H,3,5,8-11,13H2,1-2H3. The highest BCUT2D eigenvalue weighted by molar-refractivity contribution is 5.31. The maximum absolute atomic E-state index is 5.93. The lowest BCUT2D eigenvalue weighted by Crippen LogP contribution is -2.42. The summed E-state index contributed by atoms with van der Waals surface area (Å²) in [5, 5.41) is 3.62. The molecule has 0 radical (unpaired) electrons. The van der Waals surface area contributed by atoms with Crippen molar-refractivity contribution in [3.8, 4) is 5.75 Å². The van der Waals surface area contributed by atoms with Crippen molar-refractivity contribution in [1.29, 1.82) is 0 Å². The highest BCUT2D eigenvalue weighted by atomic mass is 16.5. The summed E-state index contributed by atoms with van der Waals surface area (Å²) in [6, 6.07) is 8.93. The molecule has 2 aliphatic rings. The van der Waals surface area contributed by atoms with Gasteiger partial charge < -0.3 is 14.8 Å². The number of nitrogens with one attached hydrogen (secondary N) is 1. The highest BCUT2D eigenvalue weighted by Gasteiger charge is 2.39. The Balaban J connectivity index is 1.72. The number of hydrogen-bond donors (Lipinski definition) is 1. The molecule has 21 heavy (non-hydrogen) atoms. The van der Waals surface area contributed by atoms with Gasteiger partial charge in [0, 0.05) is 13.2 Å². The summed E-state index contributed by atoms with van der Waals surface area (Å²) in [7, 11) is 1.86. The highest BCUT2D eigenvalue weighted by Crippen LogP contribution is 2.42. The van der Waals surface area contributed by atoms with Gasteiger partial charge in [0.15, 0.2) is 0 Å². The third-order valence-electron chi connectivity index (χ3n) is 4.81. The van der Waals surface area contributed by atoms with Crippen LogP contribution in [0.5, 0.6) is 5.75 Å². The predicted octanol–water partition coefficient (Wildman–Crippen LogP) is 3.84. The van der Waals surface area contributed by atoms with Crippen molar-refractivity contribution in [2.24, 2.45) is 0 Å². The molecule has 2 aliphatic carbocycles. The second-order valence-electron chi connectivity index (χ2n) is 6.44. The summed E-state index contributed by atoms with van der Waals surface area (Å²) in [6.07, 6.45) is 7.56. The van der Waals surface area contributed by atoms with E-state index in [1.54, 1.807) is 0 Å². The van der Waals surface area contributed by atoms with Crippen LogP contribution in [0.4, 0.5) is 0 Å². The fourth-order valence-corrected chi connectivity index (χ4v) is 3.17. The predicted molar refractivity (Wildman–Crippen MR) is 84.7 cm³/mol. The molecule has 1 aromatic carbocycles. The van der Waals surface area contributed by atoms with E-state index in [1.165, 1.54) is 37.7 Å². The Kier molecular flexibility index (Phi) is 4.51. The molecular weight excluding hydrogens is 262 g/mol. The number of ether oxygens (including phenoxy) is 2. The molecule has 116 valence electrons. The van der Waals surface area contributed by atoms with Crippen molar-refractivity contribution in [1.82, 2.24) is 5.32 Å². The first-order valence-electron chi connectivity index (χ1n) is 8.30. The molecule has 0 spiro atoms. The van der Waals surface area contributed by atoms with Gasteiger partial charge in [0.25, 0.3) is 0 Å². The molecule has 0 aliphatic heterocycles. The molecule has 3 heteroatoms. The Morgan fingerprint density at radius 3 is 2.71 bits per heavy atom. The minimum absolute atomic E-state index is 0.0835. The lowest BCUT2D eigenvalue weighted by Gasteiger charge is -2.43. The average molecular weight is 289 g/mol. The molecular formula is C18H27NO2. The zero-order chi connectivity index (χ0) is 14.7. The minimum Gasteiger partial charge on any atom is -0.490 e. The summed E-state index contributed by atoms with van der Waals surface area (Å²) < 4.78 is 11.7. The Morgan fingerprint density at radius 2 is 2.14 bits per heavy atom. The van der Waals surface area contributed by atoms with Crippen LogP contribution in [-0.2, 0) is 4.74 Å². The van der Waals surface area contributed by atoms with Crippen LogP contribution in [0, 0.1) is 0 Å². The normalized spacial score (nSPS) is 21.6. The van der Waals surface area contributed by atoms with Crippen molar-refractivity contribution in [2.45, 2.75) is 63.2 Å². The third-order valence-corrected chi connectivity index (χ3v) is 4.81. The van der Waals surface area contributed by atoms with E-state index in [0.29, 0.717) is 12.1 Å². The molecule has 1 N–H and O–H groups in total. The second kappa shape index (κ2) is 6.37. The monoisotopic (exact) mass is 289 g/mol. The van der Waals surface area contributed by atoms with Crippen LogP contribution in [0.15, 0.2) is 24.3 Å². The second-order valence-corrected chi connectivity index (χ2v) is 6.44. The van der Waals surface area contributed by atoms with Crippen molar-refractivity contribution in [3.05, 3.63) is 29.8 Å². The molecule has 0 amide bonds. The van der Waals surface area contributed by atoms with E-state index in [9.17, 15) is 0 Å². The van der Waals surface area contributed by atoms with Gasteiger partial charge in [-0.3, -0.25) is 0 Å². The van der Waals surface area contributed by atoms with Crippen LogP contribution in [0.25, 0.3) is 0 Å². The third kappa shape index (κ3) is 3.58. The van der Waals surface area contributed by atoms with Gasteiger partial charge in [-0.15, -0.1) is 0 Å². The Hall–Kier alpha value is -1.06. The van der Waals surface area contributed by atoms with E-state index in [-0.39, 0.29) is 5.60 Å². The largest absolute Gasteiger partial charge is 0.490 e. The van der Waals surface area contributed by atoms with Gasteiger partial charge in [-0.25, -0.2) is 0 Å². The van der Waals surface area contributed by atoms with E-state index in [2.05, 4.69) is 36.5 Å². The van der Waals surface area contributed by atoms with Gasteiger partial charge in [0.2, 0.25) is 0 Å². The maximum atomic E-state index is 5.93. The Bertz CT molecular complexity index is 461. The SMILES string of the molecule is CCNC(CC1(OC)CCC1)c1cccc(OC2CC2)c1. The summed E-state index contributed by atoms with van der Waals surface area (Å²) in [5.41, 5.74) is 1.40. The Labute approximate surface area is 128 Å². The fourth-order valence-electron chi connectivity index (χ4n) is 3.17. The molecule has 1 atom stereocenters. The Morgan fingerprint density at radius 1 is 1.33 bits per heavy atom. The van der Waals surface area contributed by atoms with Gasteiger partial charge >= 0.3 is 0 Å². The first-order valence-corrected chi connectivity index (χ1v) is 8.30. The first-order chi connectivity index (χ1) is 10.2. The van der Waals surface area contributed by atoms with E-state index < -0.39 is 0 Å². The number of rotatable bonds is 8. The van der Waals surface area contributed by atoms with E-state index in [4.69, 9.17) is 9.47 Å². The molecule has 0 bridgehead atoms. The van der Waals surface area contributed by atoms with Crippen LogP contribution >= 0.6 is 0 Å². The van der Waals surface area contributed by atoms with Gasteiger partial charge in [-0.05, 0) is 62.8 Å². The van der Waals surface area contributed by atoms with Gasteiger partial charge in [0.05, 0.1) is 11.7 Å². The topological polar surface area (TPSA) is 30.5 Å². The summed E-state index contributed by atoms with van der Waals surface area (Å²) in [5.74, 6) is 1.01. The minimum atomic E-state index is 0.0835. The molecule has 2 fully saturated rings. The van der Waals surface area contributed by atoms with Crippen LogP contribution in [-0.4, -0.2) is 25.4 Å². The number of benzene rings is 1. The molecule has 0 heterocycles. The summed E-state index contributed by atoms with van der Waals surface area (Å²) >= 11 is 0. The van der Waals surface area contributed by atoms with E-state index >= 15 is 0 Å². The van der Waals surface area contributed by atoms with Crippen molar-refractivity contribution >= 4 is 0 Å². The van der Waals surface area contributed by atoms with Crippen molar-refractivity contribution in [3.63, 3.8) is 0 Å². The summed E-state index contributed by atoms with van der Waals surface area (Å²) in [4.78, 5) is 0.